The summed E-state index contributed by atoms with van der Waals surface area (Å²) >= 11 is 0. The molecule has 1 aliphatic rings. The van der Waals surface area contributed by atoms with Gasteiger partial charge in [-0.3, -0.25) is 4.98 Å². The van der Waals surface area contributed by atoms with E-state index >= 15 is 4.39 Å². The first-order valence-corrected chi connectivity index (χ1v) is 14.5. The molecule has 1 N–H and O–H groups in total. The average Bonchev–Trinajstić information content (AvgIpc) is 3.29. The van der Waals surface area contributed by atoms with Crippen LogP contribution < -0.4 is 0 Å². The Hall–Kier alpha value is -3.63. The number of aliphatic hydroxyl groups excluding tert-OH is 1. The van der Waals surface area contributed by atoms with Crippen LogP contribution in [-0.2, 0) is 22.4 Å². The van der Waals surface area contributed by atoms with E-state index < -0.39 is 44.9 Å². The van der Waals surface area contributed by atoms with Gasteiger partial charge in [-0.15, -0.1) is 0 Å². The summed E-state index contributed by atoms with van der Waals surface area (Å²) in [7, 11) is -4.05. The monoisotopic (exact) mass is 587 g/mol. The lowest BCUT2D eigenvalue weighted by Crippen LogP contribution is -2.26. The van der Waals surface area contributed by atoms with Crippen molar-refractivity contribution in [1.29, 1.82) is 0 Å². The molecule has 41 heavy (non-hydrogen) atoms. The van der Waals surface area contributed by atoms with Gasteiger partial charge in [-0.1, -0.05) is 56.3 Å². The van der Waals surface area contributed by atoms with E-state index in [2.05, 4.69) is 4.98 Å². The first-order chi connectivity index (χ1) is 19.3. The second-order valence-corrected chi connectivity index (χ2v) is 12.5. The highest BCUT2D eigenvalue weighted by atomic mass is 32.2. The number of fused-ring (bicyclic) bond motifs is 1. The normalized spacial score (nSPS) is 18.0. The zero-order chi connectivity index (χ0) is 29.7. The van der Waals surface area contributed by atoms with E-state index in [0.29, 0.717) is 5.56 Å². The Bertz CT molecular complexity index is 1670. The van der Waals surface area contributed by atoms with E-state index in [-0.39, 0.29) is 50.9 Å². The fourth-order valence-electron chi connectivity index (χ4n) is 5.34. The Morgan fingerprint density at radius 2 is 1.54 bits per heavy atom. The fraction of sp³-hybridized carbons (Fsp3) is 0.258. The molecule has 3 atom stereocenters. The van der Waals surface area contributed by atoms with Crippen LogP contribution in [0.3, 0.4) is 0 Å². The minimum absolute atomic E-state index is 0.0117. The zero-order valence-electron chi connectivity index (χ0n) is 22.0. The van der Waals surface area contributed by atoms with E-state index in [1.165, 1.54) is 24.3 Å². The quantitative estimate of drug-likeness (QED) is 0.237. The van der Waals surface area contributed by atoms with Crippen molar-refractivity contribution >= 4 is 9.84 Å². The number of sulfone groups is 1. The molecule has 0 saturated carbocycles. The van der Waals surface area contributed by atoms with Gasteiger partial charge in [-0.2, -0.15) is 13.2 Å². The highest BCUT2D eigenvalue weighted by molar-refractivity contribution is 7.92. The van der Waals surface area contributed by atoms with Crippen molar-refractivity contribution in [2.75, 3.05) is 0 Å². The van der Waals surface area contributed by atoms with Crippen molar-refractivity contribution < 1.29 is 35.5 Å². The van der Waals surface area contributed by atoms with E-state index in [9.17, 15) is 31.1 Å². The van der Waals surface area contributed by atoms with Crippen molar-refractivity contribution in [1.82, 2.24) is 4.98 Å². The lowest BCUT2D eigenvalue weighted by molar-refractivity contribution is -0.137. The SMILES string of the molecule is CC(C)c1nc2c(c(-c3ccc(F)cc3)c1C(F)c1ccc(C(F)(F)F)cc1)C(O)C(S(=O)(=O)c1ccccc1)C2. The van der Waals surface area contributed by atoms with Gasteiger partial charge in [0.25, 0.3) is 0 Å². The average molecular weight is 588 g/mol. The van der Waals surface area contributed by atoms with E-state index in [1.807, 2.05) is 0 Å². The number of pyridine rings is 1. The smallest absolute Gasteiger partial charge is 0.387 e. The summed E-state index contributed by atoms with van der Waals surface area (Å²) in [6, 6.07) is 16.4. The topological polar surface area (TPSA) is 67.3 Å². The van der Waals surface area contributed by atoms with Gasteiger partial charge in [0.05, 0.1) is 22.3 Å². The zero-order valence-corrected chi connectivity index (χ0v) is 22.8. The van der Waals surface area contributed by atoms with Gasteiger partial charge >= 0.3 is 6.18 Å². The Morgan fingerprint density at radius 1 is 0.927 bits per heavy atom. The summed E-state index contributed by atoms with van der Waals surface area (Å²) in [6.45, 7) is 3.52. The van der Waals surface area contributed by atoms with Gasteiger partial charge in [0.2, 0.25) is 0 Å². The molecule has 0 radical (unpaired) electrons. The van der Waals surface area contributed by atoms with Crippen LogP contribution in [-0.4, -0.2) is 23.8 Å². The van der Waals surface area contributed by atoms with Crippen LogP contribution in [0.4, 0.5) is 22.0 Å². The molecule has 1 aromatic heterocycles. The molecule has 0 bridgehead atoms. The summed E-state index contributed by atoms with van der Waals surface area (Å²) in [5.74, 6) is -0.946. The van der Waals surface area contributed by atoms with Crippen molar-refractivity contribution in [3.05, 3.63) is 118 Å². The third-order valence-corrected chi connectivity index (χ3v) is 9.51. The molecule has 214 valence electrons. The Kier molecular flexibility index (Phi) is 7.50. The summed E-state index contributed by atoms with van der Waals surface area (Å²) in [5.41, 5.74) is 0.0854. The minimum Gasteiger partial charge on any atom is -0.387 e. The molecule has 10 heteroatoms. The molecule has 1 heterocycles. The number of nitrogens with zero attached hydrogens (tertiary/aromatic N) is 1. The molecule has 4 nitrogen and oxygen atoms in total. The van der Waals surface area contributed by atoms with Crippen molar-refractivity contribution in [2.24, 2.45) is 0 Å². The second-order valence-electron chi connectivity index (χ2n) is 10.3. The van der Waals surface area contributed by atoms with Crippen molar-refractivity contribution in [3.63, 3.8) is 0 Å². The number of aromatic nitrogens is 1. The van der Waals surface area contributed by atoms with Crippen molar-refractivity contribution in [2.45, 2.75) is 54.8 Å². The highest BCUT2D eigenvalue weighted by Gasteiger charge is 2.45. The van der Waals surface area contributed by atoms with Gasteiger partial charge in [-0.05, 0) is 59.0 Å². The second kappa shape index (κ2) is 10.6. The minimum atomic E-state index is -4.61. The molecule has 3 aromatic carbocycles. The van der Waals surface area contributed by atoms with Crippen LogP contribution >= 0.6 is 0 Å². The third kappa shape index (κ3) is 5.26. The Morgan fingerprint density at radius 3 is 2.10 bits per heavy atom. The van der Waals surface area contributed by atoms with Crippen LogP contribution in [0.5, 0.6) is 0 Å². The Labute approximate surface area is 234 Å². The number of hydrogen-bond acceptors (Lipinski definition) is 4. The Balaban J connectivity index is 1.74. The number of halogens is 5. The third-order valence-electron chi connectivity index (χ3n) is 7.36. The van der Waals surface area contributed by atoms with Crippen LogP contribution in [0.1, 0.15) is 65.7 Å². The number of aliphatic hydroxyl groups is 1. The maximum atomic E-state index is 16.5. The van der Waals surface area contributed by atoms with Crippen LogP contribution in [0.15, 0.2) is 83.8 Å². The first kappa shape index (κ1) is 28.9. The molecule has 0 spiro atoms. The lowest BCUT2D eigenvalue weighted by atomic mass is 9.85. The number of hydrogen-bond donors (Lipinski definition) is 1. The predicted molar refractivity (Wildman–Crippen MR) is 144 cm³/mol. The largest absolute Gasteiger partial charge is 0.416 e. The standard InChI is InChI=1S/C31H26F5NO3S/c1-17(2)29-27(28(33)19-8-12-20(13-9-19)31(34,35)36)25(18-10-14-21(32)15-11-18)26-23(37-29)16-24(30(26)38)41(39,40)22-6-4-3-5-7-22/h3-15,17,24,28,30,38H,16H2,1-2H3. The van der Waals surface area contributed by atoms with E-state index in [1.54, 1.807) is 32.0 Å². The number of rotatable bonds is 6. The van der Waals surface area contributed by atoms with Gasteiger partial charge in [0, 0.05) is 23.2 Å². The van der Waals surface area contributed by atoms with Gasteiger partial charge < -0.3 is 5.11 Å². The van der Waals surface area contributed by atoms with Crippen molar-refractivity contribution in [3.8, 4) is 11.1 Å². The molecule has 3 unspecified atom stereocenters. The number of alkyl halides is 4. The maximum absolute atomic E-state index is 16.5. The summed E-state index contributed by atoms with van der Waals surface area (Å²) < 4.78 is 97.1. The van der Waals surface area contributed by atoms with Gasteiger partial charge in [0.15, 0.2) is 16.0 Å². The van der Waals surface area contributed by atoms with Crippen LogP contribution in [0.2, 0.25) is 0 Å². The first-order valence-electron chi connectivity index (χ1n) is 12.9. The molecule has 5 rings (SSSR count). The summed E-state index contributed by atoms with van der Waals surface area (Å²) in [6.07, 6.45) is -8.32. The molecule has 1 aliphatic carbocycles. The molecule has 0 aliphatic heterocycles. The summed E-state index contributed by atoms with van der Waals surface area (Å²) in [5, 5.41) is 10.2. The highest BCUT2D eigenvalue weighted by Crippen LogP contribution is 2.48. The van der Waals surface area contributed by atoms with Crippen LogP contribution in [0, 0.1) is 5.82 Å². The predicted octanol–water partition coefficient (Wildman–Crippen LogP) is 7.52. The molecule has 0 saturated heterocycles. The van der Waals surface area contributed by atoms with E-state index in [0.717, 1.165) is 36.4 Å². The lowest BCUT2D eigenvalue weighted by Gasteiger charge is -2.25. The molecular weight excluding hydrogens is 561 g/mol. The molecule has 4 aromatic rings. The van der Waals surface area contributed by atoms with E-state index in [4.69, 9.17) is 0 Å². The molecule has 0 fully saturated rings. The van der Waals surface area contributed by atoms with Crippen LogP contribution in [0.25, 0.3) is 11.1 Å². The van der Waals surface area contributed by atoms with Gasteiger partial charge in [0.1, 0.15) is 11.1 Å². The van der Waals surface area contributed by atoms with Gasteiger partial charge in [-0.25, -0.2) is 17.2 Å². The molecular formula is C31H26F5NO3S. The molecule has 0 amide bonds. The summed E-state index contributed by atoms with van der Waals surface area (Å²) in [4.78, 5) is 4.66. The fourth-order valence-corrected chi connectivity index (χ4v) is 7.08. The maximum Gasteiger partial charge on any atom is 0.416 e. The number of benzene rings is 3.